The minimum absolute atomic E-state index is 0.241. The smallest absolute Gasteiger partial charge is 0.253 e. The molecule has 0 unspecified atom stereocenters. The minimum atomic E-state index is -0.745. The molecule has 2 amide bonds. The van der Waals surface area contributed by atoms with Gasteiger partial charge in [-0.3, -0.25) is 24.6 Å². The zero-order chi connectivity index (χ0) is 32.3. The van der Waals surface area contributed by atoms with Gasteiger partial charge in [-0.05, 0) is 60.4 Å². The third-order valence-corrected chi connectivity index (χ3v) is 7.81. The van der Waals surface area contributed by atoms with Crippen LogP contribution in [-0.4, -0.2) is 51.0 Å². The Kier molecular flexibility index (Phi) is 11.0. The molecule has 5 rings (SSSR count). The molecule has 3 aromatic heterocycles. The molecule has 2 aromatic carbocycles. The van der Waals surface area contributed by atoms with Gasteiger partial charge in [0.15, 0.2) is 0 Å². The van der Waals surface area contributed by atoms with Crippen LogP contribution in [0.1, 0.15) is 53.1 Å². The van der Waals surface area contributed by atoms with Crippen LogP contribution in [0.25, 0.3) is 10.8 Å². The molecule has 0 saturated heterocycles. The fourth-order valence-electron chi connectivity index (χ4n) is 5.32. The van der Waals surface area contributed by atoms with Gasteiger partial charge in [-0.1, -0.05) is 48.5 Å². The van der Waals surface area contributed by atoms with E-state index in [1.54, 1.807) is 24.7 Å². The fraction of sp³-hybridized carbons (Fsp3) is 0.286. The second kappa shape index (κ2) is 15.7. The lowest BCUT2D eigenvalue weighted by Gasteiger charge is -2.23. The number of nitrogens with zero attached hydrogens (tertiary/aromatic N) is 5. The summed E-state index contributed by atoms with van der Waals surface area (Å²) in [4.78, 5) is 40.1. The van der Waals surface area contributed by atoms with Gasteiger partial charge in [0.05, 0.1) is 23.0 Å². The van der Waals surface area contributed by atoms with E-state index in [-0.39, 0.29) is 17.9 Å². The number of fused-ring (bicyclic) bond motifs is 1. The first-order valence-corrected chi connectivity index (χ1v) is 15.5. The summed E-state index contributed by atoms with van der Waals surface area (Å²) in [6.45, 7) is 3.70. The van der Waals surface area contributed by atoms with Crippen molar-refractivity contribution in [1.82, 2.24) is 40.9 Å². The van der Waals surface area contributed by atoms with Gasteiger partial charge in [0.1, 0.15) is 6.04 Å². The highest BCUT2D eigenvalue weighted by atomic mass is 16.2. The third-order valence-electron chi connectivity index (χ3n) is 7.81. The van der Waals surface area contributed by atoms with Crippen LogP contribution in [-0.2, 0) is 24.9 Å². The van der Waals surface area contributed by atoms with Crippen molar-refractivity contribution in [2.75, 3.05) is 18.6 Å². The quantitative estimate of drug-likeness (QED) is 0.102. The molecule has 5 aromatic rings. The van der Waals surface area contributed by atoms with Crippen LogP contribution in [0.4, 0.5) is 5.95 Å². The molecule has 0 aliphatic carbocycles. The molecule has 0 spiro atoms. The standard InChI is InChI=1S/C35H41N9O2/c1-25(30-14-8-11-26-10-4-5-13-31(26)30)41-34(46)32(15-9-19-40-44(3)35-38-20-21-43(35)2)42-33(45)27-16-17-29(39-22-27)24-36-23-28-12-6-7-18-37-28/h4-8,10-14,16-18,20-22,25,32,36,40H,9,15,19,23-24H2,1-3H3,(H,41,46)(H,42,45)/t25-,32-/m0/s1. The summed E-state index contributed by atoms with van der Waals surface area (Å²) >= 11 is 0. The van der Waals surface area contributed by atoms with Crippen molar-refractivity contribution in [3.8, 4) is 0 Å². The summed E-state index contributed by atoms with van der Waals surface area (Å²) in [6, 6.07) is 22.5. The van der Waals surface area contributed by atoms with E-state index in [2.05, 4.69) is 54.5 Å². The van der Waals surface area contributed by atoms with Gasteiger partial charge < -0.3 is 20.5 Å². The molecule has 3 heterocycles. The summed E-state index contributed by atoms with van der Waals surface area (Å²) in [5.41, 5.74) is 6.46. The van der Waals surface area contributed by atoms with E-state index in [1.807, 2.05) is 85.3 Å². The number of hydrazine groups is 1. The highest BCUT2D eigenvalue weighted by Crippen LogP contribution is 2.24. The fourth-order valence-corrected chi connectivity index (χ4v) is 5.32. The highest BCUT2D eigenvalue weighted by Gasteiger charge is 2.24. The molecule has 0 aliphatic heterocycles. The Hall–Kier alpha value is -5.13. The Morgan fingerprint density at radius 1 is 0.870 bits per heavy atom. The van der Waals surface area contributed by atoms with E-state index in [0.717, 1.165) is 33.7 Å². The Balaban J connectivity index is 1.21. The Labute approximate surface area is 269 Å². The molecule has 46 heavy (non-hydrogen) atoms. The first-order chi connectivity index (χ1) is 22.4. The van der Waals surface area contributed by atoms with E-state index in [1.165, 1.54) is 0 Å². The van der Waals surface area contributed by atoms with E-state index in [4.69, 9.17) is 0 Å². The van der Waals surface area contributed by atoms with Crippen LogP contribution < -0.4 is 26.4 Å². The highest BCUT2D eigenvalue weighted by molar-refractivity contribution is 5.97. The summed E-state index contributed by atoms with van der Waals surface area (Å²) < 4.78 is 1.91. The van der Waals surface area contributed by atoms with Gasteiger partial charge in [0.2, 0.25) is 11.9 Å². The number of carbonyl (C=O) groups is 2. The number of pyridine rings is 2. The Morgan fingerprint density at radius 3 is 2.39 bits per heavy atom. The van der Waals surface area contributed by atoms with Gasteiger partial charge >= 0.3 is 0 Å². The number of aromatic nitrogens is 4. The second-order valence-corrected chi connectivity index (χ2v) is 11.2. The third kappa shape index (κ3) is 8.52. The Bertz CT molecular complexity index is 1720. The number of rotatable bonds is 15. The van der Waals surface area contributed by atoms with Gasteiger partial charge in [-0.25, -0.2) is 10.4 Å². The normalized spacial score (nSPS) is 12.4. The topological polar surface area (TPSA) is 129 Å². The number of hydrogen-bond donors (Lipinski definition) is 4. The SMILES string of the molecule is C[C@H](NC(=O)[C@H](CCCNN(C)c1nccn1C)NC(=O)c1ccc(CNCc2ccccn2)nc1)c1cccc2ccccc12. The molecule has 0 bridgehead atoms. The van der Waals surface area contributed by atoms with Crippen molar-refractivity contribution < 1.29 is 9.59 Å². The molecule has 0 saturated carbocycles. The van der Waals surface area contributed by atoms with Crippen molar-refractivity contribution >= 4 is 28.5 Å². The number of nitrogens with one attached hydrogen (secondary N) is 4. The number of benzene rings is 2. The molecule has 0 aliphatic rings. The van der Waals surface area contributed by atoms with Gasteiger partial charge in [0, 0.05) is 58.5 Å². The van der Waals surface area contributed by atoms with Gasteiger partial charge in [-0.2, -0.15) is 0 Å². The summed E-state index contributed by atoms with van der Waals surface area (Å²) in [7, 11) is 3.82. The molecular weight excluding hydrogens is 578 g/mol. The van der Waals surface area contributed by atoms with Crippen LogP contribution >= 0.6 is 0 Å². The lowest BCUT2D eigenvalue weighted by Crippen LogP contribution is -2.48. The molecule has 238 valence electrons. The van der Waals surface area contributed by atoms with Gasteiger partial charge in [0.25, 0.3) is 5.91 Å². The van der Waals surface area contributed by atoms with E-state index in [0.29, 0.717) is 38.0 Å². The largest absolute Gasteiger partial charge is 0.348 e. The predicted octanol–water partition coefficient (Wildman–Crippen LogP) is 4.05. The molecule has 2 atom stereocenters. The summed E-state index contributed by atoms with van der Waals surface area (Å²) in [6.07, 6.45) is 7.99. The molecule has 0 radical (unpaired) electrons. The minimum Gasteiger partial charge on any atom is -0.348 e. The predicted molar refractivity (Wildman–Crippen MR) is 180 cm³/mol. The van der Waals surface area contributed by atoms with Crippen LogP contribution in [0.15, 0.2) is 97.6 Å². The number of imidazole rings is 1. The zero-order valence-electron chi connectivity index (χ0n) is 26.5. The second-order valence-electron chi connectivity index (χ2n) is 11.2. The average molecular weight is 620 g/mol. The zero-order valence-corrected chi connectivity index (χ0v) is 26.5. The average Bonchev–Trinajstić information content (AvgIpc) is 3.52. The van der Waals surface area contributed by atoms with Crippen molar-refractivity contribution in [1.29, 1.82) is 0 Å². The van der Waals surface area contributed by atoms with Crippen LogP contribution in [0.2, 0.25) is 0 Å². The number of amides is 2. The lowest BCUT2D eigenvalue weighted by atomic mass is 9.99. The molecule has 0 fully saturated rings. The molecular formula is C35H41N9O2. The van der Waals surface area contributed by atoms with E-state index < -0.39 is 6.04 Å². The number of aryl methyl sites for hydroxylation is 1. The summed E-state index contributed by atoms with van der Waals surface area (Å²) in [5.74, 6) is 0.181. The Morgan fingerprint density at radius 2 is 1.65 bits per heavy atom. The van der Waals surface area contributed by atoms with Crippen molar-refractivity contribution in [3.05, 3.63) is 120 Å². The molecule has 11 nitrogen and oxygen atoms in total. The maximum atomic E-state index is 13.7. The molecule has 4 N–H and O–H groups in total. The summed E-state index contributed by atoms with van der Waals surface area (Å²) in [5, 5.41) is 13.5. The maximum Gasteiger partial charge on any atom is 0.253 e. The van der Waals surface area contributed by atoms with E-state index in [9.17, 15) is 9.59 Å². The van der Waals surface area contributed by atoms with Crippen LogP contribution in [0.5, 0.6) is 0 Å². The first kappa shape index (κ1) is 32.3. The van der Waals surface area contributed by atoms with E-state index >= 15 is 0 Å². The van der Waals surface area contributed by atoms with Gasteiger partial charge in [-0.15, -0.1) is 0 Å². The lowest BCUT2D eigenvalue weighted by molar-refractivity contribution is -0.123. The first-order valence-electron chi connectivity index (χ1n) is 15.5. The van der Waals surface area contributed by atoms with Crippen molar-refractivity contribution in [3.63, 3.8) is 0 Å². The monoisotopic (exact) mass is 619 g/mol. The van der Waals surface area contributed by atoms with Crippen molar-refractivity contribution in [2.24, 2.45) is 7.05 Å². The van der Waals surface area contributed by atoms with Crippen LogP contribution in [0, 0.1) is 0 Å². The number of anilines is 1. The van der Waals surface area contributed by atoms with Crippen molar-refractivity contribution in [2.45, 2.75) is 44.9 Å². The number of carbonyl (C=O) groups excluding carboxylic acids is 2. The number of hydrogen-bond acceptors (Lipinski definition) is 8. The maximum absolute atomic E-state index is 13.7. The molecule has 11 heteroatoms. The van der Waals surface area contributed by atoms with Crippen LogP contribution in [0.3, 0.4) is 0 Å².